The number of aromatic nitrogens is 2. The van der Waals surface area contributed by atoms with Crippen molar-refractivity contribution in [2.24, 2.45) is 0 Å². The summed E-state index contributed by atoms with van der Waals surface area (Å²) in [6.45, 7) is 12.9. The van der Waals surface area contributed by atoms with Gasteiger partial charge in [0.25, 0.3) is 0 Å². The van der Waals surface area contributed by atoms with Crippen LogP contribution in [-0.4, -0.2) is 23.1 Å². The van der Waals surface area contributed by atoms with Gasteiger partial charge < -0.3 is 10.1 Å². The van der Waals surface area contributed by atoms with E-state index in [4.69, 9.17) is 4.74 Å². The van der Waals surface area contributed by atoms with Crippen LogP contribution in [0.4, 0.5) is 0 Å². The van der Waals surface area contributed by atoms with Crippen LogP contribution in [0.5, 0.6) is 0 Å². The minimum absolute atomic E-state index is 0.0139. The molecule has 0 aliphatic heterocycles. The summed E-state index contributed by atoms with van der Waals surface area (Å²) in [7, 11) is 0. The van der Waals surface area contributed by atoms with Gasteiger partial charge in [0.15, 0.2) is 5.82 Å². The van der Waals surface area contributed by atoms with Crippen molar-refractivity contribution in [3.8, 4) is 0 Å². The summed E-state index contributed by atoms with van der Waals surface area (Å²) in [5.74, 6) is 0.818. The molecule has 0 saturated heterocycles. The van der Waals surface area contributed by atoms with Gasteiger partial charge in [0.05, 0.1) is 0 Å². The fourth-order valence-electron chi connectivity index (χ4n) is 2.13. The molecule has 0 aliphatic carbocycles. The van der Waals surface area contributed by atoms with Crippen LogP contribution in [0.3, 0.4) is 0 Å². The van der Waals surface area contributed by atoms with Gasteiger partial charge in [0.2, 0.25) is 0 Å². The standard InChI is InChI=1S/C15H27N3O/c1-6-9-16-10-13-11(4)17-15(18-12(13)5)14(7-2)19-8-3/h14,16H,6-10H2,1-5H3. The van der Waals surface area contributed by atoms with Gasteiger partial charge >= 0.3 is 0 Å². The molecule has 1 heterocycles. The summed E-state index contributed by atoms with van der Waals surface area (Å²) in [6.07, 6.45) is 2.06. The van der Waals surface area contributed by atoms with Crippen LogP contribution >= 0.6 is 0 Å². The Bertz CT molecular complexity index is 370. The molecule has 0 aromatic carbocycles. The number of rotatable bonds is 8. The molecule has 0 amide bonds. The lowest BCUT2D eigenvalue weighted by molar-refractivity contribution is 0.0532. The quantitative estimate of drug-likeness (QED) is 0.734. The molecule has 19 heavy (non-hydrogen) atoms. The molecule has 4 nitrogen and oxygen atoms in total. The van der Waals surface area contributed by atoms with Gasteiger partial charge in [0.1, 0.15) is 6.10 Å². The zero-order valence-corrected chi connectivity index (χ0v) is 12.9. The van der Waals surface area contributed by atoms with E-state index in [1.165, 1.54) is 5.56 Å². The molecular formula is C15H27N3O. The van der Waals surface area contributed by atoms with Crippen molar-refractivity contribution in [2.45, 2.75) is 60.1 Å². The van der Waals surface area contributed by atoms with E-state index in [9.17, 15) is 0 Å². The van der Waals surface area contributed by atoms with Crippen LogP contribution in [0.1, 0.15) is 62.5 Å². The second kappa shape index (κ2) is 8.23. The van der Waals surface area contributed by atoms with E-state index in [2.05, 4.69) is 43.0 Å². The molecular weight excluding hydrogens is 238 g/mol. The SMILES string of the molecule is CCCNCc1c(C)nc(C(CC)OCC)nc1C. The van der Waals surface area contributed by atoms with Gasteiger partial charge in [-0.1, -0.05) is 13.8 Å². The fraction of sp³-hybridized carbons (Fsp3) is 0.733. The van der Waals surface area contributed by atoms with Crippen LogP contribution < -0.4 is 5.32 Å². The predicted octanol–water partition coefficient (Wildman–Crippen LogP) is 3.08. The van der Waals surface area contributed by atoms with Crippen molar-refractivity contribution in [1.29, 1.82) is 0 Å². The molecule has 0 bridgehead atoms. The molecule has 1 rings (SSSR count). The van der Waals surface area contributed by atoms with Crippen molar-refractivity contribution in [1.82, 2.24) is 15.3 Å². The Morgan fingerprint density at radius 2 is 1.74 bits per heavy atom. The van der Waals surface area contributed by atoms with Gasteiger partial charge in [-0.15, -0.1) is 0 Å². The average molecular weight is 265 g/mol. The number of hydrogen-bond acceptors (Lipinski definition) is 4. The number of nitrogens with zero attached hydrogens (tertiary/aromatic N) is 2. The highest BCUT2D eigenvalue weighted by molar-refractivity contribution is 5.24. The Balaban J connectivity index is 2.88. The zero-order valence-electron chi connectivity index (χ0n) is 12.9. The summed E-state index contributed by atoms with van der Waals surface area (Å²) in [4.78, 5) is 9.25. The summed E-state index contributed by atoms with van der Waals surface area (Å²) < 4.78 is 5.68. The highest BCUT2D eigenvalue weighted by Gasteiger charge is 2.15. The van der Waals surface area contributed by atoms with Gasteiger partial charge in [-0.05, 0) is 40.2 Å². The van der Waals surface area contributed by atoms with E-state index in [0.717, 1.165) is 43.1 Å². The Morgan fingerprint density at radius 1 is 1.11 bits per heavy atom. The number of ether oxygens (including phenoxy) is 1. The Kier molecular flexibility index (Phi) is 6.95. The summed E-state index contributed by atoms with van der Waals surface area (Å²) in [5.41, 5.74) is 3.33. The summed E-state index contributed by atoms with van der Waals surface area (Å²) in [5, 5.41) is 3.41. The van der Waals surface area contributed by atoms with Crippen LogP contribution in [-0.2, 0) is 11.3 Å². The monoisotopic (exact) mass is 265 g/mol. The molecule has 1 aromatic rings. The molecule has 4 heteroatoms. The molecule has 0 radical (unpaired) electrons. The predicted molar refractivity (Wildman–Crippen MR) is 78.2 cm³/mol. The van der Waals surface area contributed by atoms with E-state index in [1.807, 2.05) is 6.92 Å². The van der Waals surface area contributed by atoms with E-state index < -0.39 is 0 Å². The lowest BCUT2D eigenvalue weighted by Crippen LogP contribution is -2.18. The molecule has 0 spiro atoms. The van der Waals surface area contributed by atoms with Gasteiger partial charge in [-0.2, -0.15) is 0 Å². The molecule has 1 unspecified atom stereocenters. The molecule has 1 aromatic heterocycles. The third kappa shape index (κ3) is 4.55. The lowest BCUT2D eigenvalue weighted by Gasteiger charge is -2.17. The maximum atomic E-state index is 5.68. The highest BCUT2D eigenvalue weighted by Crippen LogP contribution is 2.20. The van der Waals surface area contributed by atoms with Gasteiger partial charge in [-0.3, -0.25) is 0 Å². The van der Waals surface area contributed by atoms with Gasteiger partial charge in [0, 0.05) is 30.1 Å². The minimum atomic E-state index is 0.0139. The molecule has 0 fully saturated rings. The maximum Gasteiger partial charge on any atom is 0.157 e. The van der Waals surface area contributed by atoms with E-state index in [1.54, 1.807) is 0 Å². The number of aryl methyl sites for hydroxylation is 2. The fourth-order valence-corrected chi connectivity index (χ4v) is 2.13. The molecule has 0 aliphatic rings. The van der Waals surface area contributed by atoms with Crippen molar-refractivity contribution in [3.05, 3.63) is 22.8 Å². The summed E-state index contributed by atoms with van der Waals surface area (Å²) in [6, 6.07) is 0. The van der Waals surface area contributed by atoms with Crippen molar-refractivity contribution >= 4 is 0 Å². The maximum absolute atomic E-state index is 5.68. The van der Waals surface area contributed by atoms with Crippen LogP contribution in [0.2, 0.25) is 0 Å². The Hall–Kier alpha value is -1.00. The Morgan fingerprint density at radius 3 is 2.21 bits per heavy atom. The van der Waals surface area contributed by atoms with Crippen LogP contribution in [0.15, 0.2) is 0 Å². The van der Waals surface area contributed by atoms with Crippen LogP contribution in [0.25, 0.3) is 0 Å². The third-order valence-corrected chi connectivity index (χ3v) is 3.19. The van der Waals surface area contributed by atoms with Crippen LogP contribution in [0, 0.1) is 13.8 Å². The first-order chi connectivity index (χ1) is 9.13. The second-order valence-electron chi connectivity index (χ2n) is 4.76. The third-order valence-electron chi connectivity index (χ3n) is 3.19. The van der Waals surface area contributed by atoms with Crippen molar-refractivity contribution in [3.63, 3.8) is 0 Å². The first kappa shape index (κ1) is 16.1. The first-order valence-electron chi connectivity index (χ1n) is 7.30. The van der Waals surface area contributed by atoms with E-state index >= 15 is 0 Å². The normalized spacial score (nSPS) is 12.7. The van der Waals surface area contributed by atoms with E-state index in [-0.39, 0.29) is 6.10 Å². The second-order valence-corrected chi connectivity index (χ2v) is 4.76. The van der Waals surface area contributed by atoms with Crippen molar-refractivity contribution < 1.29 is 4.74 Å². The topological polar surface area (TPSA) is 47.0 Å². The number of hydrogen-bond donors (Lipinski definition) is 1. The molecule has 1 N–H and O–H groups in total. The van der Waals surface area contributed by atoms with Gasteiger partial charge in [-0.25, -0.2) is 9.97 Å². The summed E-state index contributed by atoms with van der Waals surface area (Å²) >= 11 is 0. The number of nitrogens with one attached hydrogen (secondary N) is 1. The van der Waals surface area contributed by atoms with E-state index in [0.29, 0.717) is 6.61 Å². The smallest absolute Gasteiger partial charge is 0.157 e. The minimum Gasteiger partial charge on any atom is -0.371 e. The molecule has 108 valence electrons. The highest BCUT2D eigenvalue weighted by atomic mass is 16.5. The Labute approximate surface area is 117 Å². The zero-order chi connectivity index (χ0) is 14.3. The van der Waals surface area contributed by atoms with Crippen molar-refractivity contribution in [2.75, 3.05) is 13.2 Å². The molecule has 1 atom stereocenters. The first-order valence-corrected chi connectivity index (χ1v) is 7.30. The average Bonchev–Trinajstić information content (AvgIpc) is 2.39. The molecule has 0 saturated carbocycles. The largest absolute Gasteiger partial charge is 0.371 e. The lowest BCUT2D eigenvalue weighted by atomic mass is 10.1.